The monoisotopic (exact) mass is 437 g/mol. The number of nitrogens with zero attached hydrogens (tertiary/aromatic N) is 1. The van der Waals surface area contributed by atoms with Crippen molar-refractivity contribution >= 4 is 23.4 Å². The molecule has 2 N–H and O–H groups in total. The molecular formula is C25H28FN3O3. The van der Waals surface area contributed by atoms with Crippen molar-refractivity contribution in [3.05, 3.63) is 53.8 Å². The summed E-state index contributed by atoms with van der Waals surface area (Å²) in [5.74, 6) is -0.956. The molecule has 2 atom stereocenters. The maximum absolute atomic E-state index is 14.3. The Bertz CT molecular complexity index is 1080. The third-order valence-electron chi connectivity index (χ3n) is 5.91. The number of anilines is 1. The van der Waals surface area contributed by atoms with Crippen molar-refractivity contribution < 1.29 is 18.8 Å². The highest BCUT2D eigenvalue weighted by atomic mass is 19.1. The lowest BCUT2D eigenvalue weighted by Gasteiger charge is -2.37. The van der Waals surface area contributed by atoms with Gasteiger partial charge in [-0.2, -0.15) is 0 Å². The molecule has 1 fully saturated rings. The quantitative estimate of drug-likeness (QED) is 0.763. The molecule has 3 amide bonds. The van der Waals surface area contributed by atoms with E-state index >= 15 is 0 Å². The number of carbonyl (C=O) groups is 3. The van der Waals surface area contributed by atoms with Crippen molar-refractivity contribution in [2.45, 2.75) is 52.1 Å². The van der Waals surface area contributed by atoms with E-state index in [9.17, 15) is 18.8 Å². The number of carbonyl (C=O) groups excluding carboxylic acids is 3. The maximum Gasteiger partial charge on any atom is 0.256 e. The van der Waals surface area contributed by atoms with Crippen molar-refractivity contribution in [1.82, 2.24) is 10.2 Å². The van der Waals surface area contributed by atoms with E-state index in [1.54, 1.807) is 41.3 Å². The average molecular weight is 438 g/mol. The Balaban J connectivity index is 1.56. The molecule has 0 spiro atoms. The molecule has 2 aliphatic rings. The first kappa shape index (κ1) is 22.0. The Labute approximate surface area is 187 Å². The van der Waals surface area contributed by atoms with E-state index < -0.39 is 6.04 Å². The van der Waals surface area contributed by atoms with Crippen molar-refractivity contribution in [2.24, 2.45) is 5.41 Å². The first-order valence-electron chi connectivity index (χ1n) is 10.9. The molecule has 0 bridgehead atoms. The summed E-state index contributed by atoms with van der Waals surface area (Å²) in [6.45, 7) is 6.36. The van der Waals surface area contributed by atoms with Gasteiger partial charge in [0.2, 0.25) is 11.8 Å². The highest BCUT2D eigenvalue weighted by molar-refractivity contribution is 6.10. The highest BCUT2D eigenvalue weighted by Crippen LogP contribution is 2.32. The standard InChI is InChI=1S/C25H28FN3O3/c1-25(2,3)14-22(30)27-16-10-11-29-21(13-16)23(31)28-20-9-8-15(12-18(20)24(29)32)17-6-4-5-7-19(17)26/h4-9,12,16,21H,10-11,13-14H2,1-3H3,(H,27,30)(H,28,31). The van der Waals surface area contributed by atoms with Crippen molar-refractivity contribution in [3.63, 3.8) is 0 Å². The molecule has 0 radical (unpaired) electrons. The first-order valence-corrected chi connectivity index (χ1v) is 10.9. The Morgan fingerprint density at radius 1 is 1.16 bits per heavy atom. The summed E-state index contributed by atoms with van der Waals surface area (Å²) in [4.78, 5) is 40.2. The van der Waals surface area contributed by atoms with Crippen LogP contribution in [0, 0.1) is 11.2 Å². The predicted molar refractivity (Wildman–Crippen MR) is 121 cm³/mol. The molecule has 0 saturated carbocycles. The number of piperidine rings is 1. The molecular weight excluding hydrogens is 409 g/mol. The summed E-state index contributed by atoms with van der Waals surface area (Å²) in [5, 5.41) is 5.87. The van der Waals surface area contributed by atoms with E-state index in [1.165, 1.54) is 6.07 Å². The van der Waals surface area contributed by atoms with Crippen LogP contribution in [0.3, 0.4) is 0 Å². The number of amides is 3. The van der Waals surface area contributed by atoms with Crippen LogP contribution in [0.2, 0.25) is 0 Å². The summed E-state index contributed by atoms with van der Waals surface area (Å²) < 4.78 is 14.3. The molecule has 2 aliphatic heterocycles. The minimum Gasteiger partial charge on any atom is -0.353 e. The number of hydrogen-bond donors (Lipinski definition) is 2. The lowest BCUT2D eigenvalue weighted by molar-refractivity contribution is -0.126. The highest BCUT2D eigenvalue weighted by Gasteiger charge is 2.40. The van der Waals surface area contributed by atoms with E-state index in [0.717, 1.165) is 0 Å². The topological polar surface area (TPSA) is 78.5 Å². The molecule has 32 heavy (non-hydrogen) atoms. The zero-order valence-corrected chi connectivity index (χ0v) is 18.6. The zero-order valence-electron chi connectivity index (χ0n) is 18.6. The molecule has 0 aliphatic carbocycles. The smallest absolute Gasteiger partial charge is 0.256 e. The number of hydrogen-bond acceptors (Lipinski definition) is 3. The Morgan fingerprint density at radius 3 is 2.62 bits per heavy atom. The molecule has 1 saturated heterocycles. The van der Waals surface area contributed by atoms with Gasteiger partial charge in [-0.25, -0.2) is 4.39 Å². The minimum absolute atomic E-state index is 0.0471. The molecule has 7 heteroatoms. The van der Waals surface area contributed by atoms with Crippen LogP contribution in [-0.4, -0.2) is 41.2 Å². The zero-order chi connectivity index (χ0) is 23.0. The second kappa shape index (κ2) is 8.37. The number of benzene rings is 2. The number of fused-ring (bicyclic) bond motifs is 2. The molecule has 168 valence electrons. The Kier molecular flexibility index (Phi) is 5.75. The van der Waals surface area contributed by atoms with Crippen LogP contribution in [0.15, 0.2) is 42.5 Å². The van der Waals surface area contributed by atoms with Gasteiger partial charge in [0, 0.05) is 24.6 Å². The third kappa shape index (κ3) is 4.52. The fourth-order valence-corrected chi connectivity index (χ4v) is 4.41. The normalized spacial score (nSPS) is 20.7. The lowest BCUT2D eigenvalue weighted by atomic mass is 9.91. The van der Waals surface area contributed by atoms with Gasteiger partial charge in [-0.1, -0.05) is 45.0 Å². The maximum atomic E-state index is 14.3. The van der Waals surface area contributed by atoms with Crippen LogP contribution in [0.25, 0.3) is 11.1 Å². The van der Waals surface area contributed by atoms with Crippen molar-refractivity contribution in [1.29, 1.82) is 0 Å². The minimum atomic E-state index is -0.666. The van der Waals surface area contributed by atoms with Gasteiger partial charge in [0.1, 0.15) is 11.9 Å². The molecule has 2 aromatic carbocycles. The second-order valence-corrected chi connectivity index (χ2v) is 9.77. The summed E-state index contributed by atoms with van der Waals surface area (Å²) in [5.41, 5.74) is 1.61. The average Bonchev–Trinajstić information content (AvgIpc) is 2.81. The molecule has 2 unspecified atom stereocenters. The summed E-state index contributed by atoms with van der Waals surface area (Å²) in [7, 11) is 0. The molecule has 2 aromatic rings. The van der Waals surface area contributed by atoms with Gasteiger partial charge in [0.15, 0.2) is 0 Å². The summed E-state index contributed by atoms with van der Waals surface area (Å²) in [6, 6.07) is 10.5. The predicted octanol–water partition coefficient (Wildman–Crippen LogP) is 3.97. The van der Waals surface area contributed by atoms with E-state index in [1.807, 2.05) is 20.8 Å². The van der Waals surface area contributed by atoms with Crippen LogP contribution in [-0.2, 0) is 9.59 Å². The second-order valence-electron chi connectivity index (χ2n) is 9.77. The van der Waals surface area contributed by atoms with Crippen LogP contribution < -0.4 is 10.6 Å². The van der Waals surface area contributed by atoms with Crippen LogP contribution >= 0.6 is 0 Å². The van der Waals surface area contributed by atoms with E-state index in [4.69, 9.17) is 0 Å². The van der Waals surface area contributed by atoms with Gasteiger partial charge in [0.05, 0.1) is 11.3 Å². The summed E-state index contributed by atoms with van der Waals surface area (Å²) in [6.07, 6.45) is 1.34. The molecule has 2 heterocycles. The molecule has 0 aromatic heterocycles. The molecule has 4 rings (SSSR count). The van der Waals surface area contributed by atoms with Crippen molar-refractivity contribution in [2.75, 3.05) is 11.9 Å². The van der Waals surface area contributed by atoms with Gasteiger partial charge >= 0.3 is 0 Å². The first-order chi connectivity index (χ1) is 15.1. The van der Waals surface area contributed by atoms with E-state index in [-0.39, 0.29) is 35.0 Å². The van der Waals surface area contributed by atoms with Gasteiger partial charge in [0.25, 0.3) is 5.91 Å². The Hall–Kier alpha value is -3.22. The summed E-state index contributed by atoms with van der Waals surface area (Å²) >= 11 is 0. The van der Waals surface area contributed by atoms with E-state index in [2.05, 4.69) is 10.6 Å². The Morgan fingerprint density at radius 2 is 1.91 bits per heavy atom. The number of nitrogens with one attached hydrogen (secondary N) is 2. The van der Waals surface area contributed by atoms with E-state index in [0.29, 0.717) is 48.2 Å². The largest absolute Gasteiger partial charge is 0.353 e. The van der Waals surface area contributed by atoms with Gasteiger partial charge in [-0.3, -0.25) is 14.4 Å². The van der Waals surface area contributed by atoms with Crippen LogP contribution in [0.1, 0.15) is 50.4 Å². The lowest BCUT2D eigenvalue weighted by Crippen LogP contribution is -2.55. The van der Waals surface area contributed by atoms with Gasteiger partial charge in [-0.05, 0) is 42.0 Å². The SMILES string of the molecule is CC(C)(C)CC(=O)NC1CCN2C(=O)c3cc(-c4ccccc4F)ccc3NC(=O)C2C1. The van der Waals surface area contributed by atoms with Gasteiger partial charge in [-0.15, -0.1) is 0 Å². The third-order valence-corrected chi connectivity index (χ3v) is 5.91. The fourth-order valence-electron chi connectivity index (χ4n) is 4.41. The molecule has 6 nitrogen and oxygen atoms in total. The van der Waals surface area contributed by atoms with Crippen molar-refractivity contribution in [3.8, 4) is 11.1 Å². The van der Waals surface area contributed by atoms with Crippen LogP contribution in [0.4, 0.5) is 10.1 Å². The number of rotatable bonds is 3. The van der Waals surface area contributed by atoms with Gasteiger partial charge < -0.3 is 15.5 Å². The fraction of sp³-hybridized carbons (Fsp3) is 0.400. The number of halogens is 1. The van der Waals surface area contributed by atoms with Crippen LogP contribution in [0.5, 0.6) is 0 Å².